The average Bonchev–Trinajstić information content (AvgIpc) is 3.23. The Morgan fingerprint density at radius 3 is 2.56 bits per heavy atom. The number of β-amino-alcohol motifs (C(OH)–C–C–N with tert-alkyl or cyclic N) is 1. The number of rotatable bonds is 12. The van der Waals surface area contributed by atoms with Gasteiger partial charge in [0.2, 0.25) is 0 Å². The van der Waals surface area contributed by atoms with E-state index in [1.165, 1.54) is 12.8 Å². The molecule has 1 aromatic rings. The van der Waals surface area contributed by atoms with Crippen LogP contribution in [-0.2, 0) is 11.2 Å². The van der Waals surface area contributed by atoms with Gasteiger partial charge in [0, 0.05) is 31.7 Å². The van der Waals surface area contributed by atoms with Gasteiger partial charge in [-0.2, -0.15) is 0 Å². The van der Waals surface area contributed by atoms with E-state index in [9.17, 15) is 10.2 Å². The number of nitrogens with one attached hydrogen (secondary N) is 1. The molecule has 2 unspecified atom stereocenters. The van der Waals surface area contributed by atoms with Gasteiger partial charge in [0.1, 0.15) is 12.7 Å². The first kappa shape index (κ1) is 31.2. The predicted octanol–water partition coefficient (Wildman–Crippen LogP) is 3.21. The minimum Gasteiger partial charge on any atom is -0.493 e. The first-order valence-corrected chi connectivity index (χ1v) is 12.2. The van der Waals surface area contributed by atoms with E-state index in [0.29, 0.717) is 36.7 Å². The first-order chi connectivity index (χ1) is 15.5. The van der Waals surface area contributed by atoms with Crippen LogP contribution in [0.2, 0.25) is 0 Å². The molecule has 3 rings (SSSR count). The zero-order chi connectivity index (χ0) is 22.9. The molecule has 1 saturated carbocycles. The zero-order valence-electron chi connectivity index (χ0n) is 20.8. The highest BCUT2D eigenvalue weighted by Gasteiger charge is 2.34. The van der Waals surface area contributed by atoms with Gasteiger partial charge >= 0.3 is 0 Å². The fraction of sp³-hybridized carbons (Fsp3) is 0.760. The summed E-state index contributed by atoms with van der Waals surface area (Å²) in [5.41, 5.74) is 1.14. The molecule has 0 spiro atoms. The number of aliphatic hydroxyl groups excluding tert-OH is 2. The Hall–Kier alpha value is -0.800. The van der Waals surface area contributed by atoms with Crippen molar-refractivity contribution in [1.82, 2.24) is 10.2 Å². The molecule has 0 aromatic heterocycles. The fourth-order valence-electron chi connectivity index (χ4n) is 4.69. The van der Waals surface area contributed by atoms with Crippen LogP contribution in [0.5, 0.6) is 11.5 Å². The summed E-state index contributed by atoms with van der Waals surface area (Å²) < 4.78 is 17.6. The first-order valence-electron chi connectivity index (χ1n) is 12.2. The van der Waals surface area contributed by atoms with Crippen molar-refractivity contribution >= 4 is 24.8 Å². The van der Waals surface area contributed by atoms with Gasteiger partial charge in [0.25, 0.3) is 0 Å². The summed E-state index contributed by atoms with van der Waals surface area (Å²) in [6.45, 7) is 7.23. The summed E-state index contributed by atoms with van der Waals surface area (Å²) >= 11 is 0. The van der Waals surface area contributed by atoms with Gasteiger partial charge in [-0.25, -0.2) is 0 Å². The van der Waals surface area contributed by atoms with Crippen molar-refractivity contribution in [3.63, 3.8) is 0 Å². The van der Waals surface area contributed by atoms with E-state index < -0.39 is 6.10 Å². The van der Waals surface area contributed by atoms with Gasteiger partial charge in [0.15, 0.2) is 11.5 Å². The molecule has 1 aliphatic carbocycles. The lowest BCUT2D eigenvalue weighted by atomic mass is 9.91. The molecule has 1 saturated heterocycles. The standard InChI is InChI=1S/C25H42N2O5.2ClH/c1-18(2)26-15-21(29)17-32-24-9-8-19(14-25(24)30-3)11-13-31-23-7-5-4-6-22(23)27-12-10-20(28)16-27;;/h8-9,14,18,20-23,26,28-29H,4-7,10-13,15-17H2,1-3H3;2*1H/t20?,21?,22-,23-;;/m1../s1. The second-order valence-corrected chi connectivity index (χ2v) is 9.46. The maximum Gasteiger partial charge on any atom is 0.161 e. The Morgan fingerprint density at radius 1 is 1.12 bits per heavy atom. The molecular formula is C25H44Cl2N2O5. The second kappa shape index (κ2) is 16.0. The highest BCUT2D eigenvalue weighted by Crippen LogP contribution is 2.30. The van der Waals surface area contributed by atoms with E-state index in [-0.39, 0.29) is 43.6 Å². The minimum atomic E-state index is -0.574. The maximum absolute atomic E-state index is 10.1. The van der Waals surface area contributed by atoms with Gasteiger partial charge in [-0.1, -0.05) is 32.8 Å². The highest BCUT2D eigenvalue weighted by molar-refractivity contribution is 5.85. The molecule has 4 atom stereocenters. The van der Waals surface area contributed by atoms with Crippen molar-refractivity contribution in [1.29, 1.82) is 0 Å². The van der Waals surface area contributed by atoms with Crippen molar-refractivity contribution in [3.05, 3.63) is 23.8 Å². The molecule has 1 aliphatic heterocycles. The number of aliphatic hydroxyl groups is 2. The number of benzene rings is 1. The molecule has 0 amide bonds. The third kappa shape index (κ3) is 9.69. The number of nitrogens with zero attached hydrogens (tertiary/aromatic N) is 1. The third-order valence-electron chi connectivity index (χ3n) is 6.48. The molecule has 2 aliphatic rings. The fourth-order valence-corrected chi connectivity index (χ4v) is 4.69. The Balaban J connectivity index is 0.00000289. The number of methoxy groups -OCH3 is 1. The molecule has 2 fully saturated rings. The lowest BCUT2D eigenvalue weighted by molar-refractivity contribution is -0.0316. The number of hydrogen-bond acceptors (Lipinski definition) is 7. The van der Waals surface area contributed by atoms with Gasteiger partial charge in [-0.3, -0.25) is 4.90 Å². The Labute approximate surface area is 217 Å². The van der Waals surface area contributed by atoms with E-state index in [0.717, 1.165) is 44.3 Å². The van der Waals surface area contributed by atoms with E-state index in [1.54, 1.807) is 7.11 Å². The van der Waals surface area contributed by atoms with Gasteiger partial charge in [-0.15, -0.1) is 24.8 Å². The topological polar surface area (TPSA) is 83.4 Å². The summed E-state index contributed by atoms with van der Waals surface area (Å²) in [6, 6.07) is 6.70. The second-order valence-electron chi connectivity index (χ2n) is 9.46. The summed E-state index contributed by atoms with van der Waals surface area (Å²) in [5.74, 6) is 1.31. The van der Waals surface area contributed by atoms with Gasteiger partial charge in [-0.05, 0) is 43.4 Å². The van der Waals surface area contributed by atoms with E-state index >= 15 is 0 Å². The molecule has 1 heterocycles. The highest BCUT2D eigenvalue weighted by atomic mass is 35.5. The van der Waals surface area contributed by atoms with Crippen LogP contribution in [0.1, 0.15) is 51.5 Å². The minimum absolute atomic E-state index is 0. The normalized spacial score (nSPS) is 23.8. The maximum atomic E-state index is 10.1. The molecule has 34 heavy (non-hydrogen) atoms. The quantitative estimate of drug-likeness (QED) is 0.388. The number of halogens is 2. The molecule has 7 nitrogen and oxygen atoms in total. The predicted molar refractivity (Wildman–Crippen MR) is 140 cm³/mol. The molecule has 198 valence electrons. The number of ether oxygens (including phenoxy) is 3. The monoisotopic (exact) mass is 522 g/mol. The van der Waals surface area contributed by atoms with Crippen molar-refractivity contribution < 1.29 is 24.4 Å². The molecule has 3 N–H and O–H groups in total. The third-order valence-corrected chi connectivity index (χ3v) is 6.48. The van der Waals surface area contributed by atoms with Crippen molar-refractivity contribution in [2.75, 3.05) is 40.0 Å². The summed E-state index contributed by atoms with van der Waals surface area (Å²) in [7, 11) is 1.64. The summed E-state index contributed by atoms with van der Waals surface area (Å²) in [4.78, 5) is 2.43. The number of likely N-dealkylation sites (tertiary alicyclic amines) is 1. The lowest BCUT2D eigenvalue weighted by Gasteiger charge is -2.37. The van der Waals surface area contributed by atoms with Gasteiger partial charge in [0.05, 0.1) is 25.9 Å². The Kier molecular flexibility index (Phi) is 14.7. The summed E-state index contributed by atoms with van der Waals surface area (Å²) in [6.07, 6.45) is 5.91. The molecule has 0 radical (unpaired) electrons. The van der Waals surface area contributed by atoms with E-state index in [4.69, 9.17) is 14.2 Å². The lowest BCUT2D eigenvalue weighted by Crippen LogP contribution is -2.46. The zero-order valence-corrected chi connectivity index (χ0v) is 22.4. The Morgan fingerprint density at radius 2 is 1.88 bits per heavy atom. The van der Waals surface area contributed by atoms with Crippen LogP contribution in [0.15, 0.2) is 18.2 Å². The van der Waals surface area contributed by atoms with E-state index in [2.05, 4.69) is 10.2 Å². The van der Waals surface area contributed by atoms with Crippen LogP contribution in [0.25, 0.3) is 0 Å². The smallest absolute Gasteiger partial charge is 0.161 e. The largest absolute Gasteiger partial charge is 0.493 e. The van der Waals surface area contributed by atoms with Crippen molar-refractivity contribution in [2.45, 2.75) is 82.8 Å². The van der Waals surface area contributed by atoms with Crippen molar-refractivity contribution in [2.24, 2.45) is 0 Å². The van der Waals surface area contributed by atoms with Crippen LogP contribution in [0, 0.1) is 0 Å². The molecule has 9 heteroatoms. The van der Waals surface area contributed by atoms with Crippen LogP contribution in [0.3, 0.4) is 0 Å². The van der Waals surface area contributed by atoms with Crippen molar-refractivity contribution in [3.8, 4) is 11.5 Å². The molecule has 1 aromatic carbocycles. The SMILES string of the molecule is COc1cc(CCO[C@@H]2CCCC[C@H]2N2CCC(O)C2)ccc1OCC(O)CNC(C)C.Cl.Cl. The molecule has 0 bridgehead atoms. The van der Waals surface area contributed by atoms with Crippen LogP contribution in [0.4, 0.5) is 0 Å². The van der Waals surface area contributed by atoms with E-state index in [1.807, 2.05) is 32.0 Å². The Bertz CT molecular complexity index is 697. The average molecular weight is 524 g/mol. The van der Waals surface area contributed by atoms with Gasteiger partial charge < -0.3 is 29.7 Å². The van der Waals surface area contributed by atoms with Crippen LogP contribution >= 0.6 is 24.8 Å². The van der Waals surface area contributed by atoms with Crippen LogP contribution in [-0.4, -0.2) is 85.5 Å². The van der Waals surface area contributed by atoms with Crippen LogP contribution < -0.4 is 14.8 Å². The summed E-state index contributed by atoms with van der Waals surface area (Å²) in [5, 5.41) is 23.2. The molecular weight excluding hydrogens is 479 g/mol. The number of hydrogen-bond donors (Lipinski definition) is 3.